The highest BCUT2D eigenvalue weighted by Crippen LogP contribution is 2.26. The Kier molecular flexibility index (Phi) is 7.12. The number of hydrogen-bond donors (Lipinski definition) is 2. The summed E-state index contributed by atoms with van der Waals surface area (Å²) in [6.45, 7) is 4.07. The van der Waals surface area contributed by atoms with Crippen LogP contribution in [0.25, 0.3) is 0 Å². The molecule has 1 aromatic heterocycles. The maximum atomic E-state index is 12.8. The summed E-state index contributed by atoms with van der Waals surface area (Å²) in [5, 5.41) is 7.29. The summed E-state index contributed by atoms with van der Waals surface area (Å²) in [5.41, 5.74) is 3.02. The Morgan fingerprint density at radius 1 is 1.12 bits per heavy atom. The lowest BCUT2D eigenvalue weighted by Crippen LogP contribution is -2.43. The van der Waals surface area contributed by atoms with Crippen molar-refractivity contribution in [2.24, 2.45) is 5.92 Å². The fourth-order valence-electron chi connectivity index (χ4n) is 3.78. The van der Waals surface area contributed by atoms with E-state index in [9.17, 15) is 4.79 Å². The quantitative estimate of drug-likeness (QED) is 0.507. The number of nitrogens with zero attached hydrogens (tertiary/aromatic N) is 3. The lowest BCUT2D eigenvalue weighted by Gasteiger charge is -2.33. The van der Waals surface area contributed by atoms with E-state index in [-0.39, 0.29) is 11.8 Å². The van der Waals surface area contributed by atoms with Crippen molar-refractivity contribution in [3.63, 3.8) is 0 Å². The van der Waals surface area contributed by atoms with Crippen molar-refractivity contribution in [2.75, 3.05) is 23.3 Å². The van der Waals surface area contributed by atoms with Crippen LogP contribution in [-0.4, -0.2) is 29.0 Å². The van der Waals surface area contributed by atoms with E-state index in [0.717, 1.165) is 30.8 Å². The van der Waals surface area contributed by atoms with Gasteiger partial charge >= 0.3 is 0 Å². The molecule has 1 fully saturated rings. The van der Waals surface area contributed by atoms with Gasteiger partial charge in [-0.25, -0.2) is 4.98 Å². The molecule has 1 amide bonds. The third-order valence-electron chi connectivity index (χ3n) is 5.46. The van der Waals surface area contributed by atoms with Crippen LogP contribution >= 0.6 is 23.2 Å². The molecule has 1 saturated heterocycles. The Morgan fingerprint density at radius 2 is 1.88 bits per heavy atom. The second-order valence-electron chi connectivity index (χ2n) is 8.01. The molecule has 0 spiro atoms. The Hall–Kier alpha value is -2.83. The van der Waals surface area contributed by atoms with Crippen molar-refractivity contribution in [1.82, 2.24) is 15.3 Å². The molecule has 32 heavy (non-hydrogen) atoms. The molecule has 0 bridgehead atoms. The van der Waals surface area contributed by atoms with Gasteiger partial charge in [-0.15, -0.1) is 0 Å². The zero-order chi connectivity index (χ0) is 22.5. The molecular formula is C24H25Cl2N5O. The smallest absolute Gasteiger partial charge is 0.229 e. The first-order valence-electron chi connectivity index (χ1n) is 10.6. The van der Waals surface area contributed by atoms with Gasteiger partial charge in [0.1, 0.15) is 5.82 Å². The first kappa shape index (κ1) is 22.4. The SMILES string of the molecule is Cc1ccc(CNC(=O)[C@H]2CCCN(c3ccnc(Nc4cc(Cl)cc(Cl)c4)n3)C2)cc1. The van der Waals surface area contributed by atoms with Crippen LogP contribution in [0.4, 0.5) is 17.5 Å². The molecule has 1 aliphatic heterocycles. The monoisotopic (exact) mass is 469 g/mol. The Balaban J connectivity index is 1.38. The molecule has 0 unspecified atom stereocenters. The van der Waals surface area contributed by atoms with Crippen molar-refractivity contribution >= 4 is 46.6 Å². The van der Waals surface area contributed by atoms with E-state index in [1.807, 2.05) is 18.2 Å². The topological polar surface area (TPSA) is 70.2 Å². The van der Waals surface area contributed by atoms with Gasteiger partial charge in [-0.2, -0.15) is 4.98 Å². The van der Waals surface area contributed by atoms with Crippen molar-refractivity contribution in [1.29, 1.82) is 0 Å². The van der Waals surface area contributed by atoms with Gasteiger partial charge in [-0.3, -0.25) is 4.79 Å². The average Bonchev–Trinajstić information content (AvgIpc) is 2.78. The molecule has 3 aromatic rings. The predicted octanol–water partition coefficient (Wildman–Crippen LogP) is 5.37. The summed E-state index contributed by atoms with van der Waals surface area (Å²) < 4.78 is 0. The second-order valence-corrected chi connectivity index (χ2v) is 8.88. The first-order valence-corrected chi connectivity index (χ1v) is 11.4. The molecule has 1 atom stereocenters. The summed E-state index contributed by atoms with van der Waals surface area (Å²) in [4.78, 5) is 23.8. The van der Waals surface area contributed by atoms with Gasteiger partial charge in [0.2, 0.25) is 11.9 Å². The molecular weight excluding hydrogens is 445 g/mol. The number of anilines is 3. The summed E-state index contributed by atoms with van der Waals surface area (Å²) in [5.74, 6) is 1.24. The van der Waals surface area contributed by atoms with Crippen molar-refractivity contribution in [3.8, 4) is 0 Å². The molecule has 0 aliphatic carbocycles. The third kappa shape index (κ3) is 5.90. The van der Waals surface area contributed by atoms with Crippen molar-refractivity contribution in [2.45, 2.75) is 26.3 Å². The van der Waals surface area contributed by atoms with E-state index in [0.29, 0.717) is 34.8 Å². The maximum absolute atomic E-state index is 12.8. The maximum Gasteiger partial charge on any atom is 0.229 e. The lowest BCUT2D eigenvalue weighted by molar-refractivity contribution is -0.125. The van der Waals surface area contributed by atoms with Gasteiger partial charge < -0.3 is 15.5 Å². The lowest BCUT2D eigenvalue weighted by atomic mass is 9.97. The molecule has 4 rings (SSSR count). The van der Waals surface area contributed by atoms with Gasteiger partial charge in [-0.1, -0.05) is 53.0 Å². The number of nitrogens with one attached hydrogen (secondary N) is 2. The fraction of sp³-hybridized carbons (Fsp3) is 0.292. The van der Waals surface area contributed by atoms with E-state index in [1.165, 1.54) is 5.56 Å². The average molecular weight is 470 g/mol. The minimum absolute atomic E-state index is 0.0766. The fourth-order valence-corrected chi connectivity index (χ4v) is 4.31. The highest BCUT2D eigenvalue weighted by Gasteiger charge is 2.26. The van der Waals surface area contributed by atoms with E-state index in [2.05, 4.69) is 44.6 Å². The van der Waals surface area contributed by atoms with Gasteiger partial charge in [0.05, 0.1) is 5.92 Å². The minimum Gasteiger partial charge on any atom is -0.356 e. The number of carbonyl (C=O) groups excluding carboxylic acids is 1. The van der Waals surface area contributed by atoms with Crippen LogP contribution < -0.4 is 15.5 Å². The van der Waals surface area contributed by atoms with Crippen molar-refractivity contribution in [3.05, 3.63) is 75.9 Å². The number of benzene rings is 2. The molecule has 8 heteroatoms. The van der Waals surface area contributed by atoms with E-state index in [1.54, 1.807) is 24.4 Å². The molecule has 2 N–H and O–H groups in total. The molecule has 6 nitrogen and oxygen atoms in total. The summed E-state index contributed by atoms with van der Waals surface area (Å²) in [6.07, 6.45) is 3.50. The molecule has 2 aromatic carbocycles. The molecule has 1 aliphatic rings. The highest BCUT2D eigenvalue weighted by atomic mass is 35.5. The van der Waals surface area contributed by atoms with Gasteiger partial charge in [0.25, 0.3) is 0 Å². The van der Waals surface area contributed by atoms with Crippen LogP contribution in [0.1, 0.15) is 24.0 Å². The number of halogens is 2. The standard InChI is InChI=1S/C24H25Cl2N5O/c1-16-4-6-17(7-5-16)14-28-23(32)18-3-2-10-31(15-18)22-8-9-27-24(30-22)29-21-12-19(25)11-20(26)13-21/h4-9,11-13,18H,2-3,10,14-15H2,1H3,(H,28,32)(H,27,29,30)/t18-/m0/s1. The van der Waals surface area contributed by atoms with Crippen LogP contribution in [-0.2, 0) is 11.3 Å². The molecule has 0 radical (unpaired) electrons. The largest absolute Gasteiger partial charge is 0.356 e. The molecule has 166 valence electrons. The number of hydrogen-bond acceptors (Lipinski definition) is 5. The van der Waals surface area contributed by atoms with Crippen LogP contribution in [0.15, 0.2) is 54.7 Å². The number of aryl methyl sites for hydroxylation is 1. The van der Waals surface area contributed by atoms with Crippen molar-refractivity contribution < 1.29 is 4.79 Å². The normalized spacial score (nSPS) is 16.0. The Labute approximate surface area is 198 Å². The Bertz CT molecular complexity index is 1070. The minimum atomic E-state index is -0.0766. The van der Waals surface area contributed by atoms with E-state index < -0.39 is 0 Å². The van der Waals surface area contributed by atoms with E-state index in [4.69, 9.17) is 23.2 Å². The first-order chi connectivity index (χ1) is 15.5. The number of piperidine rings is 1. The van der Waals surface area contributed by atoms with Crippen LogP contribution in [0.5, 0.6) is 0 Å². The molecule has 2 heterocycles. The van der Waals surface area contributed by atoms with E-state index >= 15 is 0 Å². The van der Waals surface area contributed by atoms with Gasteiger partial charge in [0.15, 0.2) is 0 Å². The van der Waals surface area contributed by atoms with Gasteiger partial charge in [-0.05, 0) is 49.6 Å². The van der Waals surface area contributed by atoms with Crippen LogP contribution in [0.2, 0.25) is 10.0 Å². The Morgan fingerprint density at radius 3 is 2.62 bits per heavy atom. The summed E-state index contributed by atoms with van der Waals surface area (Å²) >= 11 is 12.2. The van der Waals surface area contributed by atoms with Gasteiger partial charge in [0, 0.05) is 41.6 Å². The predicted molar refractivity (Wildman–Crippen MR) is 130 cm³/mol. The third-order valence-corrected chi connectivity index (χ3v) is 5.90. The summed E-state index contributed by atoms with van der Waals surface area (Å²) in [7, 11) is 0. The number of carbonyl (C=O) groups is 1. The number of aromatic nitrogens is 2. The zero-order valence-electron chi connectivity index (χ0n) is 17.8. The summed E-state index contributed by atoms with van der Waals surface area (Å²) in [6, 6.07) is 15.3. The van der Waals surface area contributed by atoms with Crippen LogP contribution in [0.3, 0.4) is 0 Å². The highest BCUT2D eigenvalue weighted by molar-refractivity contribution is 6.35. The second kappa shape index (κ2) is 10.2. The number of amides is 1. The molecule has 0 saturated carbocycles. The number of rotatable bonds is 6. The van der Waals surface area contributed by atoms with Crippen LogP contribution in [0, 0.1) is 12.8 Å². The zero-order valence-corrected chi connectivity index (χ0v) is 19.3.